The summed E-state index contributed by atoms with van der Waals surface area (Å²) < 4.78 is 0. The van der Waals surface area contributed by atoms with Gasteiger partial charge in [0.2, 0.25) is 0 Å². The van der Waals surface area contributed by atoms with Gasteiger partial charge >= 0.3 is 0 Å². The Bertz CT molecular complexity index is 476. The maximum Gasteiger partial charge on any atom is 0.172 e. The number of rotatable bonds is 5. The van der Waals surface area contributed by atoms with Crippen molar-refractivity contribution in [2.75, 3.05) is 0 Å². The van der Waals surface area contributed by atoms with Crippen molar-refractivity contribution in [3.05, 3.63) is 17.2 Å². The molecule has 4 heteroatoms. The Kier molecular flexibility index (Phi) is 4.81. The largest absolute Gasteiger partial charge is 0.507 e. The molecule has 1 rings (SSSR count). The van der Waals surface area contributed by atoms with E-state index in [9.17, 15) is 20.1 Å². The van der Waals surface area contributed by atoms with Crippen LogP contribution in [0, 0.1) is 11.8 Å². The number of ketones is 1. The SMILES string of the molecule is CC(C)CCc1c(O)cc(O)c(C(=O)C(C)C)c1O. The highest BCUT2D eigenvalue weighted by atomic mass is 16.3. The molecule has 0 aliphatic carbocycles. The van der Waals surface area contributed by atoms with Gasteiger partial charge in [-0.25, -0.2) is 0 Å². The summed E-state index contributed by atoms with van der Waals surface area (Å²) in [5, 5.41) is 29.7. The molecule has 0 aliphatic heterocycles. The lowest BCUT2D eigenvalue weighted by atomic mass is 9.93. The van der Waals surface area contributed by atoms with Crippen LogP contribution >= 0.6 is 0 Å². The van der Waals surface area contributed by atoms with E-state index < -0.39 is 0 Å². The Morgan fingerprint density at radius 1 is 1.11 bits per heavy atom. The number of hydrogen-bond donors (Lipinski definition) is 3. The Hall–Kier alpha value is -1.71. The molecule has 19 heavy (non-hydrogen) atoms. The summed E-state index contributed by atoms with van der Waals surface area (Å²) in [7, 11) is 0. The highest BCUT2D eigenvalue weighted by Gasteiger charge is 2.24. The van der Waals surface area contributed by atoms with Crippen LogP contribution in [-0.2, 0) is 6.42 Å². The number of aromatic hydroxyl groups is 3. The second kappa shape index (κ2) is 5.95. The predicted octanol–water partition coefficient (Wildman–Crippen LogP) is 3.23. The van der Waals surface area contributed by atoms with Gasteiger partial charge in [-0.05, 0) is 18.8 Å². The average Bonchev–Trinajstić information content (AvgIpc) is 2.27. The van der Waals surface area contributed by atoms with Crippen molar-refractivity contribution in [2.45, 2.75) is 40.5 Å². The molecular weight excluding hydrogens is 244 g/mol. The smallest absolute Gasteiger partial charge is 0.172 e. The zero-order chi connectivity index (χ0) is 14.7. The number of Topliss-reactive ketones (excluding diaryl/α,β-unsaturated/α-hetero) is 1. The molecule has 106 valence electrons. The van der Waals surface area contributed by atoms with Crippen molar-refractivity contribution in [2.24, 2.45) is 11.8 Å². The molecule has 0 aromatic heterocycles. The van der Waals surface area contributed by atoms with Crippen LogP contribution in [0.5, 0.6) is 17.2 Å². The zero-order valence-electron chi connectivity index (χ0n) is 11.9. The molecule has 0 unspecified atom stereocenters. The summed E-state index contributed by atoms with van der Waals surface area (Å²) in [6.45, 7) is 7.47. The summed E-state index contributed by atoms with van der Waals surface area (Å²) in [5.74, 6) is -1.09. The van der Waals surface area contributed by atoms with Crippen LogP contribution in [0.3, 0.4) is 0 Å². The molecule has 0 radical (unpaired) electrons. The minimum atomic E-state index is -0.373. The summed E-state index contributed by atoms with van der Waals surface area (Å²) in [6, 6.07) is 1.13. The Labute approximate surface area is 113 Å². The number of hydrogen-bond acceptors (Lipinski definition) is 4. The predicted molar refractivity (Wildman–Crippen MR) is 73.8 cm³/mol. The van der Waals surface area contributed by atoms with Gasteiger partial charge in [-0.2, -0.15) is 0 Å². The maximum absolute atomic E-state index is 12.0. The van der Waals surface area contributed by atoms with E-state index in [1.807, 2.05) is 13.8 Å². The third-order valence-corrected chi connectivity index (χ3v) is 3.10. The van der Waals surface area contributed by atoms with E-state index in [2.05, 4.69) is 0 Å². The molecule has 1 aromatic carbocycles. The number of phenols is 3. The average molecular weight is 266 g/mol. The first-order chi connectivity index (χ1) is 8.75. The molecule has 0 amide bonds. The van der Waals surface area contributed by atoms with Gasteiger partial charge in [0.15, 0.2) is 5.78 Å². The van der Waals surface area contributed by atoms with E-state index in [1.165, 1.54) is 0 Å². The standard InChI is InChI=1S/C15H22O4/c1-8(2)5-6-10-11(16)7-12(17)13(15(10)19)14(18)9(3)4/h7-9,16-17,19H,5-6H2,1-4H3. The maximum atomic E-state index is 12.0. The third-order valence-electron chi connectivity index (χ3n) is 3.10. The van der Waals surface area contributed by atoms with Crippen LogP contribution in [0.4, 0.5) is 0 Å². The van der Waals surface area contributed by atoms with Gasteiger partial charge in [0.25, 0.3) is 0 Å². The van der Waals surface area contributed by atoms with Gasteiger partial charge in [0, 0.05) is 17.5 Å². The minimum Gasteiger partial charge on any atom is -0.507 e. The molecule has 0 aliphatic rings. The molecule has 3 N–H and O–H groups in total. The van der Waals surface area contributed by atoms with Gasteiger partial charge in [-0.15, -0.1) is 0 Å². The van der Waals surface area contributed by atoms with E-state index in [0.717, 1.165) is 12.5 Å². The molecule has 0 saturated heterocycles. The summed E-state index contributed by atoms with van der Waals surface area (Å²) in [6.07, 6.45) is 1.25. The van der Waals surface area contributed by atoms with Gasteiger partial charge in [-0.1, -0.05) is 27.7 Å². The fourth-order valence-electron chi connectivity index (χ4n) is 1.89. The second-order valence-corrected chi connectivity index (χ2v) is 5.57. The lowest BCUT2D eigenvalue weighted by Crippen LogP contribution is -2.09. The number of carbonyl (C=O) groups excluding carboxylic acids is 1. The highest BCUT2D eigenvalue weighted by molar-refractivity contribution is 6.03. The Morgan fingerprint density at radius 2 is 1.68 bits per heavy atom. The number of benzene rings is 1. The van der Waals surface area contributed by atoms with Crippen LogP contribution in [0.1, 0.15) is 50.0 Å². The van der Waals surface area contributed by atoms with Gasteiger partial charge in [0.1, 0.15) is 22.8 Å². The quantitative estimate of drug-likeness (QED) is 0.715. The molecule has 0 bridgehead atoms. The monoisotopic (exact) mass is 266 g/mol. The van der Waals surface area contributed by atoms with Crippen molar-refractivity contribution < 1.29 is 20.1 Å². The number of phenolic OH excluding ortho intramolecular Hbond substituents is 3. The van der Waals surface area contributed by atoms with Crippen molar-refractivity contribution >= 4 is 5.78 Å². The molecule has 1 aromatic rings. The van der Waals surface area contributed by atoms with Crippen molar-refractivity contribution in [1.29, 1.82) is 0 Å². The molecule has 0 spiro atoms. The lowest BCUT2D eigenvalue weighted by molar-refractivity contribution is 0.0933. The molecule has 0 heterocycles. The fourth-order valence-corrected chi connectivity index (χ4v) is 1.89. The van der Waals surface area contributed by atoms with Crippen LogP contribution in [0.25, 0.3) is 0 Å². The molecule has 0 saturated carbocycles. The summed E-state index contributed by atoms with van der Waals surface area (Å²) in [4.78, 5) is 12.0. The molecular formula is C15H22O4. The first kappa shape index (κ1) is 15.3. The summed E-state index contributed by atoms with van der Waals surface area (Å²) in [5.41, 5.74) is 0.238. The third kappa shape index (κ3) is 3.40. The first-order valence-electron chi connectivity index (χ1n) is 6.56. The van der Waals surface area contributed by atoms with E-state index in [4.69, 9.17) is 0 Å². The van der Waals surface area contributed by atoms with Gasteiger partial charge in [-0.3, -0.25) is 4.79 Å². The van der Waals surface area contributed by atoms with Crippen LogP contribution in [-0.4, -0.2) is 21.1 Å². The van der Waals surface area contributed by atoms with Gasteiger partial charge < -0.3 is 15.3 Å². The molecule has 0 atom stereocenters. The fraction of sp³-hybridized carbons (Fsp3) is 0.533. The van der Waals surface area contributed by atoms with E-state index in [-0.39, 0.29) is 34.5 Å². The van der Waals surface area contributed by atoms with Crippen molar-refractivity contribution in [1.82, 2.24) is 0 Å². The topological polar surface area (TPSA) is 77.8 Å². The lowest BCUT2D eigenvalue weighted by Gasteiger charge is -2.15. The van der Waals surface area contributed by atoms with Crippen molar-refractivity contribution in [3.63, 3.8) is 0 Å². The van der Waals surface area contributed by atoms with E-state index in [0.29, 0.717) is 17.9 Å². The summed E-state index contributed by atoms with van der Waals surface area (Å²) >= 11 is 0. The van der Waals surface area contributed by atoms with E-state index in [1.54, 1.807) is 13.8 Å². The Morgan fingerprint density at radius 3 is 2.16 bits per heavy atom. The van der Waals surface area contributed by atoms with Crippen LogP contribution in [0.2, 0.25) is 0 Å². The zero-order valence-corrected chi connectivity index (χ0v) is 11.9. The van der Waals surface area contributed by atoms with Crippen LogP contribution < -0.4 is 0 Å². The van der Waals surface area contributed by atoms with E-state index >= 15 is 0 Å². The molecule has 0 fully saturated rings. The van der Waals surface area contributed by atoms with Crippen molar-refractivity contribution in [3.8, 4) is 17.2 Å². The Balaban J connectivity index is 3.26. The molecule has 4 nitrogen and oxygen atoms in total. The van der Waals surface area contributed by atoms with Crippen LogP contribution in [0.15, 0.2) is 6.07 Å². The first-order valence-corrected chi connectivity index (χ1v) is 6.56. The second-order valence-electron chi connectivity index (χ2n) is 5.57. The number of carbonyl (C=O) groups is 1. The normalized spacial score (nSPS) is 11.3. The van der Waals surface area contributed by atoms with Gasteiger partial charge in [0.05, 0.1) is 0 Å². The highest BCUT2D eigenvalue weighted by Crippen LogP contribution is 2.39. The minimum absolute atomic E-state index is 0.0912.